The molecule has 0 aliphatic heterocycles. The molecule has 0 spiro atoms. The number of ether oxygens (including phenoxy) is 2. The van der Waals surface area contributed by atoms with Crippen LogP contribution in [0.25, 0.3) is 0 Å². The number of alkyl halides is 3. The van der Waals surface area contributed by atoms with Gasteiger partial charge in [0.1, 0.15) is 0 Å². The third kappa shape index (κ3) is 4.53. The van der Waals surface area contributed by atoms with Crippen molar-refractivity contribution in [3.63, 3.8) is 0 Å². The van der Waals surface area contributed by atoms with E-state index in [2.05, 4.69) is 5.32 Å². The molecule has 0 saturated carbocycles. The van der Waals surface area contributed by atoms with E-state index in [1.807, 2.05) is 0 Å². The summed E-state index contributed by atoms with van der Waals surface area (Å²) < 4.78 is 46.4. The molecule has 1 rings (SSSR count). The van der Waals surface area contributed by atoms with Gasteiger partial charge >= 0.3 is 6.18 Å². The minimum atomic E-state index is -4.36. The Morgan fingerprint density at radius 1 is 1.21 bits per heavy atom. The van der Waals surface area contributed by atoms with E-state index >= 15 is 0 Å². The van der Waals surface area contributed by atoms with Gasteiger partial charge in [-0.05, 0) is 17.7 Å². The topological polar surface area (TPSA) is 47.6 Å². The van der Waals surface area contributed by atoms with Gasteiger partial charge in [0.25, 0.3) is 5.91 Å². The van der Waals surface area contributed by atoms with Crippen LogP contribution in [-0.4, -0.2) is 26.4 Å². The van der Waals surface area contributed by atoms with Crippen molar-refractivity contribution in [1.29, 1.82) is 0 Å². The van der Waals surface area contributed by atoms with E-state index in [-0.39, 0.29) is 6.54 Å². The number of hydrogen-bond acceptors (Lipinski definition) is 3. The van der Waals surface area contributed by atoms with Crippen molar-refractivity contribution >= 4 is 5.91 Å². The Hall–Kier alpha value is -1.60. The zero-order chi connectivity index (χ0) is 14.5. The van der Waals surface area contributed by atoms with E-state index in [4.69, 9.17) is 9.47 Å². The number of benzene rings is 1. The maximum absolute atomic E-state index is 12.3. The van der Waals surface area contributed by atoms with E-state index in [0.717, 1.165) is 12.1 Å². The summed E-state index contributed by atoms with van der Waals surface area (Å²) in [4.78, 5) is 11.5. The molecule has 0 fully saturated rings. The summed E-state index contributed by atoms with van der Waals surface area (Å²) in [7, 11) is 2.62. The molecule has 0 unspecified atom stereocenters. The van der Waals surface area contributed by atoms with E-state index in [1.165, 1.54) is 26.4 Å². The molecule has 0 heterocycles. The molecule has 7 heteroatoms. The van der Waals surface area contributed by atoms with Crippen LogP contribution in [0, 0.1) is 0 Å². The number of amides is 1. The summed E-state index contributed by atoms with van der Waals surface area (Å²) in [5.41, 5.74) is -0.179. The van der Waals surface area contributed by atoms with Crippen molar-refractivity contribution in [1.82, 2.24) is 5.32 Å². The van der Waals surface area contributed by atoms with E-state index < -0.39 is 23.9 Å². The summed E-state index contributed by atoms with van der Waals surface area (Å²) in [5.74, 6) is -0.495. The van der Waals surface area contributed by atoms with Gasteiger partial charge < -0.3 is 14.8 Å². The molecule has 0 atom stereocenters. The maximum Gasteiger partial charge on any atom is 0.416 e. The fourth-order valence-corrected chi connectivity index (χ4v) is 1.39. The highest BCUT2D eigenvalue weighted by Gasteiger charge is 2.29. The van der Waals surface area contributed by atoms with Crippen LogP contribution < -0.4 is 5.32 Å². The average Bonchev–Trinajstić information content (AvgIpc) is 2.37. The molecular formula is C12H14F3NO3. The lowest BCUT2D eigenvalue weighted by molar-refractivity contribution is -0.159. The second-order valence-electron chi connectivity index (χ2n) is 3.72. The first-order valence-corrected chi connectivity index (χ1v) is 5.38. The fraction of sp³-hybridized carbons (Fsp3) is 0.417. The summed E-state index contributed by atoms with van der Waals surface area (Å²) in [5, 5.41) is 2.49. The summed E-state index contributed by atoms with van der Waals surface area (Å²) in [6.45, 7) is 0.0974. The van der Waals surface area contributed by atoms with Crippen molar-refractivity contribution in [3.8, 4) is 0 Å². The quantitative estimate of drug-likeness (QED) is 0.837. The number of methoxy groups -OCH3 is 2. The van der Waals surface area contributed by atoms with Crippen LogP contribution in [0.15, 0.2) is 24.3 Å². The second kappa shape index (κ2) is 6.53. The first kappa shape index (κ1) is 15.5. The lowest BCUT2D eigenvalue weighted by Gasteiger charge is -2.13. The van der Waals surface area contributed by atoms with Crippen LogP contribution in [0.5, 0.6) is 0 Å². The molecule has 19 heavy (non-hydrogen) atoms. The van der Waals surface area contributed by atoms with Gasteiger partial charge in [-0.1, -0.05) is 12.1 Å². The first-order chi connectivity index (χ1) is 8.88. The summed E-state index contributed by atoms with van der Waals surface area (Å²) in [6, 6.07) is 4.53. The van der Waals surface area contributed by atoms with Crippen molar-refractivity contribution in [2.24, 2.45) is 0 Å². The smallest absolute Gasteiger partial charge is 0.348 e. The van der Waals surface area contributed by atoms with Crippen molar-refractivity contribution in [2.75, 3.05) is 14.2 Å². The molecule has 0 aliphatic carbocycles. The number of halogens is 3. The minimum absolute atomic E-state index is 0.0974. The SMILES string of the molecule is COC(OC)C(=O)NCc1ccc(C(F)(F)F)cc1. The highest BCUT2D eigenvalue weighted by Crippen LogP contribution is 2.28. The lowest BCUT2D eigenvalue weighted by Crippen LogP contribution is -2.36. The largest absolute Gasteiger partial charge is 0.416 e. The number of carbonyl (C=O) groups excluding carboxylic acids is 1. The van der Waals surface area contributed by atoms with Crippen LogP contribution in [0.2, 0.25) is 0 Å². The molecule has 0 aromatic heterocycles. The number of hydrogen-bond donors (Lipinski definition) is 1. The van der Waals surface area contributed by atoms with Crippen LogP contribution in [0.1, 0.15) is 11.1 Å². The standard InChI is InChI=1S/C12H14F3NO3/c1-18-11(19-2)10(17)16-7-8-3-5-9(6-4-8)12(13,14)15/h3-6,11H,7H2,1-2H3,(H,16,17). The van der Waals surface area contributed by atoms with Gasteiger partial charge in [-0.25, -0.2) is 0 Å². The molecule has 0 bridgehead atoms. The van der Waals surface area contributed by atoms with Gasteiger partial charge in [0.2, 0.25) is 6.29 Å². The molecule has 4 nitrogen and oxygen atoms in total. The summed E-state index contributed by atoms with van der Waals surface area (Å²) >= 11 is 0. The van der Waals surface area contributed by atoms with Gasteiger partial charge in [0.05, 0.1) is 5.56 Å². The molecule has 1 N–H and O–H groups in total. The Morgan fingerprint density at radius 2 is 1.74 bits per heavy atom. The normalized spacial score (nSPS) is 11.7. The molecule has 0 aliphatic rings. The molecule has 1 amide bonds. The van der Waals surface area contributed by atoms with Gasteiger partial charge in [-0.15, -0.1) is 0 Å². The van der Waals surface area contributed by atoms with Crippen molar-refractivity contribution < 1.29 is 27.4 Å². The molecule has 106 valence electrons. The monoisotopic (exact) mass is 277 g/mol. The first-order valence-electron chi connectivity index (χ1n) is 5.38. The zero-order valence-electron chi connectivity index (χ0n) is 10.5. The zero-order valence-corrected chi connectivity index (χ0v) is 10.5. The number of rotatable bonds is 5. The van der Waals surface area contributed by atoms with E-state index in [1.54, 1.807) is 0 Å². The predicted octanol–water partition coefficient (Wildman–Crippen LogP) is 1.94. The maximum atomic E-state index is 12.3. The molecule has 0 radical (unpaired) electrons. The molecule has 0 saturated heterocycles. The Balaban J connectivity index is 2.57. The Morgan fingerprint density at radius 3 is 2.16 bits per heavy atom. The minimum Gasteiger partial charge on any atom is -0.348 e. The highest BCUT2D eigenvalue weighted by atomic mass is 19.4. The molecular weight excluding hydrogens is 263 g/mol. The molecule has 1 aromatic rings. The fourth-order valence-electron chi connectivity index (χ4n) is 1.39. The third-order valence-corrected chi connectivity index (χ3v) is 2.39. The van der Waals surface area contributed by atoms with Crippen LogP contribution in [-0.2, 0) is 27.0 Å². The summed E-state index contributed by atoms with van der Waals surface area (Å²) in [6.07, 6.45) is -5.40. The Bertz CT molecular complexity index is 413. The average molecular weight is 277 g/mol. The highest BCUT2D eigenvalue weighted by molar-refractivity contribution is 5.79. The number of carbonyl (C=O) groups is 1. The van der Waals surface area contributed by atoms with Crippen LogP contribution in [0.4, 0.5) is 13.2 Å². The predicted molar refractivity (Wildman–Crippen MR) is 61.1 cm³/mol. The molecule has 1 aromatic carbocycles. The van der Waals surface area contributed by atoms with E-state index in [0.29, 0.717) is 5.56 Å². The van der Waals surface area contributed by atoms with Crippen molar-refractivity contribution in [2.45, 2.75) is 19.0 Å². The van der Waals surface area contributed by atoms with Gasteiger partial charge in [0.15, 0.2) is 0 Å². The van der Waals surface area contributed by atoms with E-state index in [9.17, 15) is 18.0 Å². The number of nitrogens with one attached hydrogen (secondary N) is 1. The second-order valence-corrected chi connectivity index (χ2v) is 3.72. The van der Waals surface area contributed by atoms with Crippen LogP contribution in [0.3, 0.4) is 0 Å². The van der Waals surface area contributed by atoms with Crippen LogP contribution >= 0.6 is 0 Å². The van der Waals surface area contributed by atoms with Gasteiger partial charge in [-0.3, -0.25) is 4.79 Å². The third-order valence-electron chi connectivity index (χ3n) is 2.39. The Labute approximate surface area is 108 Å². The van der Waals surface area contributed by atoms with Gasteiger partial charge in [0, 0.05) is 20.8 Å². The van der Waals surface area contributed by atoms with Crippen molar-refractivity contribution in [3.05, 3.63) is 35.4 Å². The van der Waals surface area contributed by atoms with Gasteiger partial charge in [-0.2, -0.15) is 13.2 Å². The lowest BCUT2D eigenvalue weighted by atomic mass is 10.1. The Kier molecular flexibility index (Phi) is 5.31.